The maximum Gasteiger partial charge on any atom is 0.165 e. The van der Waals surface area contributed by atoms with Crippen LogP contribution in [0.15, 0.2) is 36.4 Å². The van der Waals surface area contributed by atoms with E-state index in [4.69, 9.17) is 10.5 Å². The monoisotopic (exact) mass is 287 g/mol. The van der Waals surface area contributed by atoms with E-state index in [1.165, 1.54) is 43.5 Å². The summed E-state index contributed by atoms with van der Waals surface area (Å²) in [6.45, 7) is 0. The van der Waals surface area contributed by atoms with E-state index < -0.39 is 11.6 Å². The summed E-state index contributed by atoms with van der Waals surface area (Å²) in [6.07, 6.45) is 0. The highest BCUT2D eigenvalue weighted by Crippen LogP contribution is 2.27. The number of anilines is 1. The van der Waals surface area contributed by atoms with Gasteiger partial charge in [-0.25, -0.2) is 18.7 Å². The third kappa shape index (κ3) is 2.35. The summed E-state index contributed by atoms with van der Waals surface area (Å²) in [7, 11) is 1.37. The van der Waals surface area contributed by atoms with Gasteiger partial charge < -0.3 is 10.5 Å². The van der Waals surface area contributed by atoms with Crippen molar-refractivity contribution in [1.29, 1.82) is 0 Å². The Bertz CT molecular complexity index is 837. The van der Waals surface area contributed by atoms with Crippen molar-refractivity contribution < 1.29 is 13.5 Å². The Morgan fingerprint density at radius 2 is 1.86 bits per heavy atom. The van der Waals surface area contributed by atoms with Crippen LogP contribution in [-0.4, -0.2) is 17.1 Å². The Morgan fingerprint density at radius 1 is 1.05 bits per heavy atom. The highest BCUT2D eigenvalue weighted by atomic mass is 19.1. The number of hydrogen-bond acceptors (Lipinski definition) is 4. The largest absolute Gasteiger partial charge is 0.494 e. The molecule has 0 radical (unpaired) electrons. The summed E-state index contributed by atoms with van der Waals surface area (Å²) in [4.78, 5) is 8.44. The zero-order valence-electron chi connectivity index (χ0n) is 11.1. The van der Waals surface area contributed by atoms with Crippen molar-refractivity contribution in [3.05, 3.63) is 48.0 Å². The van der Waals surface area contributed by atoms with Crippen molar-refractivity contribution in [3.63, 3.8) is 0 Å². The van der Waals surface area contributed by atoms with E-state index in [-0.39, 0.29) is 17.4 Å². The number of nitrogens with zero attached hydrogens (tertiary/aromatic N) is 2. The molecule has 0 fully saturated rings. The van der Waals surface area contributed by atoms with Gasteiger partial charge in [-0.3, -0.25) is 0 Å². The number of aromatic nitrogens is 2. The maximum atomic E-state index is 13.4. The summed E-state index contributed by atoms with van der Waals surface area (Å²) in [5, 5.41) is 0.564. The highest BCUT2D eigenvalue weighted by Gasteiger charge is 2.11. The number of ether oxygens (including phenoxy) is 1. The highest BCUT2D eigenvalue weighted by molar-refractivity contribution is 5.89. The predicted octanol–water partition coefficient (Wildman–Crippen LogP) is 3.17. The van der Waals surface area contributed by atoms with E-state index in [9.17, 15) is 8.78 Å². The average molecular weight is 287 g/mol. The first kappa shape index (κ1) is 13.2. The molecule has 6 heteroatoms. The van der Waals surface area contributed by atoms with Gasteiger partial charge in [-0.15, -0.1) is 0 Å². The topological polar surface area (TPSA) is 61.0 Å². The van der Waals surface area contributed by atoms with Gasteiger partial charge in [0.25, 0.3) is 0 Å². The molecule has 21 heavy (non-hydrogen) atoms. The lowest BCUT2D eigenvalue weighted by atomic mass is 10.1. The van der Waals surface area contributed by atoms with Crippen LogP contribution in [0.2, 0.25) is 0 Å². The van der Waals surface area contributed by atoms with Crippen LogP contribution in [0.25, 0.3) is 22.3 Å². The first-order valence-electron chi connectivity index (χ1n) is 6.15. The van der Waals surface area contributed by atoms with E-state index in [1.807, 2.05) is 0 Å². The van der Waals surface area contributed by atoms with Crippen molar-refractivity contribution in [1.82, 2.24) is 9.97 Å². The van der Waals surface area contributed by atoms with Crippen molar-refractivity contribution in [2.45, 2.75) is 0 Å². The molecule has 0 saturated heterocycles. The van der Waals surface area contributed by atoms with Crippen LogP contribution < -0.4 is 10.5 Å². The third-order valence-electron chi connectivity index (χ3n) is 3.10. The molecule has 4 nitrogen and oxygen atoms in total. The molecular weight excluding hydrogens is 276 g/mol. The lowest BCUT2D eigenvalue weighted by Gasteiger charge is -2.07. The van der Waals surface area contributed by atoms with Crippen molar-refractivity contribution in [3.8, 4) is 17.1 Å². The van der Waals surface area contributed by atoms with Crippen molar-refractivity contribution >= 4 is 16.7 Å². The standard InChI is InChI=1S/C15H11F2N3O/c1-21-13-6-8(2-5-11(13)17)15-19-12-7-9(16)3-4-10(12)14(18)20-15/h2-7H,1H3,(H2,18,19,20). The molecule has 0 bridgehead atoms. The molecule has 0 aliphatic carbocycles. The summed E-state index contributed by atoms with van der Waals surface area (Å²) < 4.78 is 31.7. The number of fused-ring (bicyclic) bond motifs is 1. The van der Waals surface area contributed by atoms with Crippen LogP contribution in [0.5, 0.6) is 5.75 Å². The van der Waals surface area contributed by atoms with Gasteiger partial charge in [0.15, 0.2) is 17.4 Å². The van der Waals surface area contributed by atoms with Gasteiger partial charge >= 0.3 is 0 Å². The Kier molecular flexibility index (Phi) is 3.13. The molecule has 1 aromatic heterocycles. The SMILES string of the molecule is COc1cc(-c2nc(N)c3ccc(F)cc3n2)ccc1F. The predicted molar refractivity (Wildman–Crippen MR) is 75.9 cm³/mol. The first-order chi connectivity index (χ1) is 10.1. The number of methoxy groups -OCH3 is 1. The minimum Gasteiger partial charge on any atom is -0.494 e. The van der Waals surface area contributed by atoms with Crippen LogP contribution >= 0.6 is 0 Å². The molecule has 106 valence electrons. The number of halogens is 2. The second kappa shape index (κ2) is 4.97. The van der Waals surface area contributed by atoms with Gasteiger partial charge in [-0.1, -0.05) is 0 Å². The smallest absolute Gasteiger partial charge is 0.165 e. The molecule has 3 rings (SSSR count). The molecule has 0 saturated carbocycles. The van der Waals surface area contributed by atoms with E-state index in [0.29, 0.717) is 16.5 Å². The van der Waals surface area contributed by atoms with Gasteiger partial charge in [0.2, 0.25) is 0 Å². The molecule has 0 aliphatic heterocycles. The van der Waals surface area contributed by atoms with E-state index in [1.54, 1.807) is 0 Å². The fourth-order valence-corrected chi connectivity index (χ4v) is 2.06. The van der Waals surface area contributed by atoms with Crippen molar-refractivity contribution in [2.75, 3.05) is 12.8 Å². The number of rotatable bonds is 2. The average Bonchev–Trinajstić information content (AvgIpc) is 2.47. The van der Waals surface area contributed by atoms with Gasteiger partial charge in [-0.2, -0.15) is 0 Å². The summed E-state index contributed by atoms with van der Waals surface area (Å²) in [5.41, 5.74) is 6.79. The number of nitrogens with two attached hydrogens (primary N) is 1. The summed E-state index contributed by atoms with van der Waals surface area (Å²) >= 11 is 0. The Hall–Kier alpha value is -2.76. The number of nitrogen functional groups attached to an aromatic ring is 1. The van der Waals surface area contributed by atoms with Gasteiger partial charge in [0.05, 0.1) is 12.6 Å². The van der Waals surface area contributed by atoms with Crippen LogP contribution in [0, 0.1) is 11.6 Å². The molecule has 0 atom stereocenters. The maximum absolute atomic E-state index is 13.4. The minimum absolute atomic E-state index is 0.0778. The van der Waals surface area contributed by atoms with Gasteiger partial charge in [-0.05, 0) is 30.3 Å². The molecule has 1 heterocycles. The molecule has 0 unspecified atom stereocenters. The molecular formula is C15H11F2N3O. The lowest BCUT2D eigenvalue weighted by molar-refractivity contribution is 0.387. The molecule has 2 aromatic carbocycles. The molecule has 0 amide bonds. The number of benzene rings is 2. The van der Waals surface area contributed by atoms with E-state index in [0.717, 1.165) is 0 Å². The first-order valence-corrected chi connectivity index (χ1v) is 6.15. The fourth-order valence-electron chi connectivity index (χ4n) is 2.06. The molecule has 3 aromatic rings. The summed E-state index contributed by atoms with van der Waals surface area (Å²) in [6, 6.07) is 8.33. The van der Waals surface area contributed by atoms with Crippen LogP contribution in [0.3, 0.4) is 0 Å². The molecule has 0 spiro atoms. The molecule has 2 N–H and O–H groups in total. The third-order valence-corrected chi connectivity index (χ3v) is 3.10. The Labute approximate surface area is 119 Å². The van der Waals surface area contributed by atoms with E-state index >= 15 is 0 Å². The minimum atomic E-state index is -0.485. The second-order valence-electron chi connectivity index (χ2n) is 4.44. The van der Waals surface area contributed by atoms with Gasteiger partial charge in [0.1, 0.15) is 11.6 Å². The Balaban J connectivity index is 2.20. The van der Waals surface area contributed by atoms with Crippen LogP contribution in [-0.2, 0) is 0 Å². The van der Waals surface area contributed by atoms with Crippen molar-refractivity contribution in [2.24, 2.45) is 0 Å². The zero-order chi connectivity index (χ0) is 15.0. The van der Waals surface area contributed by atoms with Crippen LogP contribution in [0.1, 0.15) is 0 Å². The quantitative estimate of drug-likeness (QED) is 0.786. The van der Waals surface area contributed by atoms with Crippen LogP contribution in [0.4, 0.5) is 14.6 Å². The van der Waals surface area contributed by atoms with Gasteiger partial charge in [0, 0.05) is 17.0 Å². The lowest BCUT2D eigenvalue weighted by Crippen LogP contribution is -1.99. The van der Waals surface area contributed by atoms with E-state index in [2.05, 4.69) is 9.97 Å². The Morgan fingerprint density at radius 3 is 2.62 bits per heavy atom. The summed E-state index contributed by atoms with van der Waals surface area (Å²) in [5.74, 6) is -0.305. The number of hydrogen-bond donors (Lipinski definition) is 1. The zero-order valence-corrected chi connectivity index (χ0v) is 11.1. The fraction of sp³-hybridized carbons (Fsp3) is 0.0667. The molecule has 0 aliphatic rings. The second-order valence-corrected chi connectivity index (χ2v) is 4.44. The normalized spacial score (nSPS) is 10.8.